The molecule has 0 bridgehead atoms. The molecule has 1 fully saturated rings. The number of guanidine groups is 1. The first-order valence-corrected chi connectivity index (χ1v) is 12.2. The number of nitrogens with zero attached hydrogens (tertiary/aromatic N) is 7. The van der Waals surface area contributed by atoms with Crippen LogP contribution in [0.2, 0.25) is 0 Å². The number of rotatable bonds is 4. The standard InChI is InChI=1S/C25H29N9O/c1-17-15-28-24(29-17)30-19-5-3-18(4-6-19)22-31-21-16-34(25-26-8-2-9-27-25)10-7-20(21)23(32-22)33-11-13-35-14-12-33/h2-6,8-9,17H,7,10-16H2,1H3,(H2,28,29,30). The van der Waals surface area contributed by atoms with Gasteiger partial charge in [-0.1, -0.05) is 0 Å². The van der Waals surface area contributed by atoms with E-state index in [4.69, 9.17) is 14.7 Å². The van der Waals surface area contributed by atoms with Gasteiger partial charge in [-0.2, -0.15) is 0 Å². The Bertz CT molecular complexity index is 1210. The smallest absolute Gasteiger partial charge is 0.225 e. The molecule has 35 heavy (non-hydrogen) atoms. The van der Waals surface area contributed by atoms with Crippen molar-refractivity contribution < 1.29 is 4.74 Å². The highest BCUT2D eigenvalue weighted by atomic mass is 16.5. The van der Waals surface area contributed by atoms with E-state index in [2.05, 4.69) is 54.5 Å². The number of aliphatic imine (C=N–C) groups is 1. The van der Waals surface area contributed by atoms with Crippen LogP contribution in [0, 0.1) is 0 Å². The molecule has 0 spiro atoms. The van der Waals surface area contributed by atoms with Gasteiger partial charge >= 0.3 is 0 Å². The highest BCUT2D eigenvalue weighted by Gasteiger charge is 2.27. The molecule has 5 heterocycles. The van der Waals surface area contributed by atoms with Crippen LogP contribution in [0.15, 0.2) is 47.7 Å². The van der Waals surface area contributed by atoms with Gasteiger partial charge in [0, 0.05) is 54.9 Å². The number of anilines is 3. The van der Waals surface area contributed by atoms with Crippen molar-refractivity contribution in [3.63, 3.8) is 0 Å². The van der Waals surface area contributed by atoms with Crippen LogP contribution in [0.3, 0.4) is 0 Å². The van der Waals surface area contributed by atoms with Gasteiger partial charge in [0.2, 0.25) is 5.95 Å². The second-order valence-electron chi connectivity index (χ2n) is 9.05. The van der Waals surface area contributed by atoms with Gasteiger partial charge in [-0.05, 0) is 43.7 Å². The highest BCUT2D eigenvalue weighted by molar-refractivity contribution is 5.95. The zero-order chi connectivity index (χ0) is 23.6. The van der Waals surface area contributed by atoms with Crippen LogP contribution < -0.4 is 20.4 Å². The maximum absolute atomic E-state index is 5.60. The first-order valence-electron chi connectivity index (χ1n) is 12.2. The Morgan fingerprint density at radius 3 is 2.54 bits per heavy atom. The number of nitrogens with one attached hydrogen (secondary N) is 2. The maximum Gasteiger partial charge on any atom is 0.225 e. The molecular weight excluding hydrogens is 442 g/mol. The van der Waals surface area contributed by atoms with E-state index in [0.29, 0.717) is 12.6 Å². The number of ether oxygens (including phenoxy) is 1. The van der Waals surface area contributed by atoms with Crippen LogP contribution in [-0.2, 0) is 17.7 Å². The molecule has 3 aliphatic rings. The van der Waals surface area contributed by atoms with Crippen LogP contribution in [-0.4, -0.2) is 71.3 Å². The van der Waals surface area contributed by atoms with E-state index < -0.39 is 0 Å². The average molecular weight is 472 g/mol. The van der Waals surface area contributed by atoms with Crippen molar-refractivity contribution in [3.05, 3.63) is 54.0 Å². The van der Waals surface area contributed by atoms with Crippen LogP contribution in [0.4, 0.5) is 17.5 Å². The molecule has 6 rings (SSSR count). The summed E-state index contributed by atoms with van der Waals surface area (Å²) >= 11 is 0. The average Bonchev–Trinajstić information content (AvgIpc) is 3.33. The minimum Gasteiger partial charge on any atom is -0.378 e. The summed E-state index contributed by atoms with van der Waals surface area (Å²) in [5.41, 5.74) is 4.22. The molecule has 2 aromatic heterocycles. The SMILES string of the molecule is CC1CN=C(Nc2ccc(-c3nc4c(c(N5CCOCC5)n3)CCN(c3ncccn3)C4)cc2)N1. The van der Waals surface area contributed by atoms with Crippen molar-refractivity contribution in [1.82, 2.24) is 25.3 Å². The van der Waals surface area contributed by atoms with Gasteiger partial charge in [0.15, 0.2) is 11.8 Å². The summed E-state index contributed by atoms with van der Waals surface area (Å²) in [7, 11) is 0. The third-order valence-corrected chi connectivity index (χ3v) is 6.50. The molecule has 2 N–H and O–H groups in total. The molecular formula is C25H29N9O. The summed E-state index contributed by atoms with van der Waals surface area (Å²) in [5, 5.41) is 6.67. The number of benzene rings is 1. The topological polar surface area (TPSA) is 104 Å². The molecule has 10 nitrogen and oxygen atoms in total. The third kappa shape index (κ3) is 4.61. The Kier molecular flexibility index (Phi) is 5.87. The molecule has 0 saturated carbocycles. The van der Waals surface area contributed by atoms with Crippen LogP contribution >= 0.6 is 0 Å². The van der Waals surface area contributed by atoms with E-state index in [1.807, 2.05) is 18.2 Å². The normalized spacial score (nSPS) is 19.7. The van der Waals surface area contributed by atoms with Crippen LogP contribution in [0.25, 0.3) is 11.4 Å². The Hall–Kier alpha value is -3.79. The molecule has 0 radical (unpaired) electrons. The van der Waals surface area contributed by atoms with Gasteiger partial charge in [-0.15, -0.1) is 0 Å². The lowest BCUT2D eigenvalue weighted by atomic mass is 10.0. The number of fused-ring (bicyclic) bond motifs is 1. The zero-order valence-corrected chi connectivity index (χ0v) is 19.8. The van der Waals surface area contributed by atoms with Crippen molar-refractivity contribution in [1.29, 1.82) is 0 Å². The fourth-order valence-electron chi connectivity index (χ4n) is 4.67. The number of aromatic nitrogens is 4. The molecule has 3 aliphatic heterocycles. The van der Waals surface area contributed by atoms with E-state index in [1.54, 1.807) is 12.4 Å². The van der Waals surface area contributed by atoms with Gasteiger partial charge in [-0.25, -0.2) is 19.9 Å². The van der Waals surface area contributed by atoms with Crippen molar-refractivity contribution >= 4 is 23.4 Å². The van der Waals surface area contributed by atoms with Crippen molar-refractivity contribution in [2.75, 3.05) is 54.5 Å². The molecule has 1 atom stereocenters. The minimum absolute atomic E-state index is 0.361. The lowest BCUT2D eigenvalue weighted by Gasteiger charge is -2.34. The first-order chi connectivity index (χ1) is 17.2. The summed E-state index contributed by atoms with van der Waals surface area (Å²) < 4.78 is 5.60. The first kappa shape index (κ1) is 21.7. The monoisotopic (exact) mass is 471 g/mol. The maximum atomic E-state index is 5.60. The number of hydrogen-bond donors (Lipinski definition) is 2. The van der Waals surface area contributed by atoms with E-state index in [9.17, 15) is 0 Å². The summed E-state index contributed by atoms with van der Waals surface area (Å²) in [6.45, 7) is 7.52. The highest BCUT2D eigenvalue weighted by Crippen LogP contribution is 2.31. The fourth-order valence-corrected chi connectivity index (χ4v) is 4.67. The number of hydrogen-bond acceptors (Lipinski definition) is 10. The molecule has 0 amide bonds. The Morgan fingerprint density at radius 2 is 1.80 bits per heavy atom. The number of morpholine rings is 1. The molecule has 3 aromatic rings. The Labute approximate surface area is 204 Å². The molecule has 180 valence electrons. The van der Waals surface area contributed by atoms with Gasteiger partial charge in [0.05, 0.1) is 32.0 Å². The zero-order valence-electron chi connectivity index (χ0n) is 19.8. The fraction of sp³-hybridized carbons (Fsp3) is 0.400. The largest absolute Gasteiger partial charge is 0.378 e. The molecule has 10 heteroatoms. The van der Waals surface area contributed by atoms with Gasteiger partial charge in [0.25, 0.3) is 0 Å². The van der Waals surface area contributed by atoms with Crippen LogP contribution in [0.1, 0.15) is 18.2 Å². The van der Waals surface area contributed by atoms with E-state index in [1.165, 1.54) is 5.56 Å². The quantitative estimate of drug-likeness (QED) is 0.592. The lowest BCUT2D eigenvalue weighted by molar-refractivity contribution is 0.122. The van der Waals surface area contributed by atoms with E-state index in [0.717, 1.165) is 86.3 Å². The second-order valence-corrected chi connectivity index (χ2v) is 9.05. The molecule has 0 aliphatic carbocycles. The van der Waals surface area contributed by atoms with Gasteiger partial charge in [-0.3, -0.25) is 4.99 Å². The lowest BCUT2D eigenvalue weighted by Crippen LogP contribution is -2.39. The molecule has 1 aromatic carbocycles. The van der Waals surface area contributed by atoms with E-state index in [-0.39, 0.29) is 0 Å². The predicted octanol–water partition coefficient (Wildman–Crippen LogP) is 2.09. The van der Waals surface area contributed by atoms with Crippen molar-refractivity contribution in [2.24, 2.45) is 4.99 Å². The third-order valence-electron chi connectivity index (χ3n) is 6.50. The van der Waals surface area contributed by atoms with Crippen molar-refractivity contribution in [3.8, 4) is 11.4 Å². The van der Waals surface area contributed by atoms with Gasteiger partial charge in [0.1, 0.15) is 5.82 Å². The second kappa shape index (κ2) is 9.46. The summed E-state index contributed by atoms with van der Waals surface area (Å²) in [6, 6.07) is 10.4. The predicted molar refractivity (Wildman–Crippen MR) is 136 cm³/mol. The van der Waals surface area contributed by atoms with Crippen LogP contribution in [0.5, 0.6) is 0 Å². The Balaban J connectivity index is 1.31. The summed E-state index contributed by atoms with van der Waals surface area (Å²) in [4.78, 5) is 28.0. The van der Waals surface area contributed by atoms with E-state index >= 15 is 0 Å². The van der Waals surface area contributed by atoms with Crippen molar-refractivity contribution in [2.45, 2.75) is 25.9 Å². The Morgan fingerprint density at radius 1 is 1.00 bits per heavy atom. The van der Waals surface area contributed by atoms with Gasteiger partial charge < -0.3 is 25.2 Å². The molecule has 1 saturated heterocycles. The summed E-state index contributed by atoms with van der Waals surface area (Å²) in [6.07, 6.45) is 4.42. The minimum atomic E-state index is 0.361. The molecule has 1 unspecified atom stereocenters. The summed E-state index contributed by atoms with van der Waals surface area (Å²) in [5.74, 6) is 3.31.